The molecular weight excluding hydrogens is 328 g/mol. The molecule has 2 aromatic carbocycles. The lowest BCUT2D eigenvalue weighted by Gasteiger charge is -2.03. The summed E-state index contributed by atoms with van der Waals surface area (Å²) in [6, 6.07) is 15.4. The van der Waals surface area contributed by atoms with Crippen molar-refractivity contribution in [1.82, 2.24) is 4.98 Å². The SMILES string of the molecule is CNc1ccccc1SC.O=C(O)COc1nc2ccccc2o1. The van der Waals surface area contributed by atoms with Crippen molar-refractivity contribution in [2.24, 2.45) is 0 Å². The van der Waals surface area contributed by atoms with Crippen LogP contribution in [0, 0.1) is 0 Å². The number of rotatable bonds is 5. The van der Waals surface area contributed by atoms with Crippen LogP contribution in [0.15, 0.2) is 57.8 Å². The summed E-state index contributed by atoms with van der Waals surface area (Å²) in [6.07, 6.45) is 2.06. The van der Waals surface area contributed by atoms with Crippen molar-refractivity contribution in [2.45, 2.75) is 4.90 Å². The van der Waals surface area contributed by atoms with Gasteiger partial charge in [-0.2, -0.15) is 4.98 Å². The van der Waals surface area contributed by atoms with Crippen molar-refractivity contribution in [3.8, 4) is 6.08 Å². The van der Waals surface area contributed by atoms with Gasteiger partial charge in [-0.3, -0.25) is 0 Å². The van der Waals surface area contributed by atoms with Crippen LogP contribution >= 0.6 is 11.8 Å². The molecule has 126 valence electrons. The van der Waals surface area contributed by atoms with E-state index in [1.807, 2.05) is 25.2 Å². The Bertz CT molecular complexity index is 748. The zero-order valence-electron chi connectivity index (χ0n) is 13.4. The molecular formula is C17H18N2O4S. The van der Waals surface area contributed by atoms with E-state index in [2.05, 4.69) is 28.7 Å². The number of nitrogens with one attached hydrogen (secondary N) is 1. The molecule has 1 heterocycles. The number of hydrogen-bond acceptors (Lipinski definition) is 6. The number of aromatic nitrogens is 1. The van der Waals surface area contributed by atoms with E-state index in [0.717, 1.165) is 0 Å². The topological polar surface area (TPSA) is 84.6 Å². The van der Waals surface area contributed by atoms with Gasteiger partial charge in [0, 0.05) is 17.6 Å². The molecule has 1 aromatic heterocycles. The second-order valence-electron chi connectivity index (χ2n) is 4.58. The molecule has 7 heteroatoms. The molecule has 0 saturated heterocycles. The lowest BCUT2D eigenvalue weighted by Crippen LogP contribution is -2.09. The molecule has 3 aromatic rings. The minimum Gasteiger partial charge on any atom is -0.479 e. The molecule has 24 heavy (non-hydrogen) atoms. The Morgan fingerprint density at radius 1 is 1.25 bits per heavy atom. The van der Waals surface area contributed by atoms with Crippen molar-refractivity contribution >= 4 is 34.5 Å². The van der Waals surface area contributed by atoms with Gasteiger partial charge in [0.15, 0.2) is 12.2 Å². The smallest absolute Gasteiger partial charge is 0.395 e. The van der Waals surface area contributed by atoms with E-state index >= 15 is 0 Å². The fourth-order valence-corrected chi connectivity index (χ4v) is 2.49. The number of para-hydroxylation sites is 3. The number of ether oxygens (including phenoxy) is 1. The quantitative estimate of drug-likeness (QED) is 0.681. The average molecular weight is 346 g/mol. The predicted octanol–water partition coefficient (Wildman–Crippen LogP) is 3.74. The first kappa shape index (κ1) is 17.7. The van der Waals surface area contributed by atoms with Gasteiger partial charge in [-0.25, -0.2) is 4.79 Å². The maximum atomic E-state index is 10.2. The van der Waals surface area contributed by atoms with Crippen LogP contribution < -0.4 is 10.1 Å². The first-order chi connectivity index (χ1) is 11.6. The van der Waals surface area contributed by atoms with Crippen molar-refractivity contribution in [2.75, 3.05) is 25.2 Å². The van der Waals surface area contributed by atoms with E-state index in [0.29, 0.717) is 11.1 Å². The highest BCUT2D eigenvalue weighted by molar-refractivity contribution is 7.98. The normalized spacial score (nSPS) is 9.92. The van der Waals surface area contributed by atoms with Crippen LogP contribution in [-0.2, 0) is 4.79 Å². The fraction of sp³-hybridized carbons (Fsp3) is 0.176. The minimum atomic E-state index is -1.06. The number of anilines is 1. The van der Waals surface area contributed by atoms with Crippen LogP contribution in [0.25, 0.3) is 11.1 Å². The van der Waals surface area contributed by atoms with E-state index in [-0.39, 0.29) is 6.08 Å². The van der Waals surface area contributed by atoms with E-state index < -0.39 is 12.6 Å². The largest absolute Gasteiger partial charge is 0.479 e. The highest BCUT2D eigenvalue weighted by Crippen LogP contribution is 2.23. The van der Waals surface area contributed by atoms with Crippen molar-refractivity contribution in [1.29, 1.82) is 0 Å². The van der Waals surface area contributed by atoms with Gasteiger partial charge < -0.3 is 19.6 Å². The lowest BCUT2D eigenvalue weighted by atomic mass is 10.3. The Hall–Kier alpha value is -2.67. The number of oxazole rings is 1. The van der Waals surface area contributed by atoms with Gasteiger partial charge in [0.05, 0.1) is 0 Å². The van der Waals surface area contributed by atoms with Gasteiger partial charge in [0.25, 0.3) is 0 Å². The number of thioether (sulfide) groups is 1. The molecule has 0 aliphatic carbocycles. The summed E-state index contributed by atoms with van der Waals surface area (Å²) in [7, 11) is 1.94. The number of carboxylic acids is 1. The number of carbonyl (C=O) groups is 1. The summed E-state index contributed by atoms with van der Waals surface area (Å²) in [4.78, 5) is 15.4. The second-order valence-corrected chi connectivity index (χ2v) is 5.43. The fourth-order valence-electron chi connectivity index (χ4n) is 1.89. The van der Waals surface area contributed by atoms with E-state index in [1.165, 1.54) is 10.6 Å². The highest BCUT2D eigenvalue weighted by atomic mass is 32.2. The van der Waals surface area contributed by atoms with Crippen LogP contribution in [0.3, 0.4) is 0 Å². The molecule has 0 aliphatic heterocycles. The Kier molecular flexibility index (Phi) is 6.51. The molecule has 0 aliphatic rings. The molecule has 6 nitrogen and oxygen atoms in total. The molecule has 0 atom stereocenters. The van der Waals surface area contributed by atoms with Gasteiger partial charge in [-0.15, -0.1) is 11.8 Å². The van der Waals surface area contributed by atoms with Gasteiger partial charge in [0.2, 0.25) is 0 Å². The summed E-state index contributed by atoms with van der Waals surface area (Å²) in [6.45, 7) is -0.452. The summed E-state index contributed by atoms with van der Waals surface area (Å²) in [5, 5.41) is 11.5. The molecule has 0 amide bonds. The number of aliphatic carboxylic acids is 1. The van der Waals surface area contributed by atoms with Crippen molar-refractivity contribution < 1.29 is 19.1 Å². The number of benzene rings is 2. The van der Waals surface area contributed by atoms with Gasteiger partial charge in [0.1, 0.15) is 5.52 Å². The van der Waals surface area contributed by atoms with Crippen molar-refractivity contribution in [3.63, 3.8) is 0 Å². The Morgan fingerprint density at radius 3 is 2.58 bits per heavy atom. The summed E-state index contributed by atoms with van der Waals surface area (Å²) >= 11 is 1.76. The molecule has 2 N–H and O–H groups in total. The Morgan fingerprint density at radius 2 is 1.96 bits per heavy atom. The maximum absolute atomic E-state index is 10.2. The van der Waals surface area contributed by atoms with Crippen LogP contribution in [0.2, 0.25) is 0 Å². The average Bonchev–Trinajstić information content (AvgIpc) is 3.03. The number of hydrogen-bond donors (Lipinski definition) is 2. The van der Waals surface area contributed by atoms with Gasteiger partial charge in [-0.05, 0) is 30.5 Å². The number of carboxylic acid groups (broad SMARTS) is 1. The molecule has 0 fully saturated rings. The van der Waals surface area contributed by atoms with Crippen LogP contribution in [0.4, 0.5) is 5.69 Å². The zero-order chi connectivity index (χ0) is 17.4. The van der Waals surface area contributed by atoms with Gasteiger partial charge >= 0.3 is 12.0 Å². The Labute approximate surface area is 143 Å². The standard InChI is InChI=1S/C9H7NO4.C8H11NS/c11-8(12)5-13-9-10-6-3-1-2-4-7(6)14-9;1-9-7-5-3-4-6-8(7)10-2/h1-4H,5H2,(H,11,12);3-6,9H,1-2H3. The Balaban J connectivity index is 0.000000185. The molecule has 3 rings (SSSR count). The molecule has 0 unspecified atom stereocenters. The maximum Gasteiger partial charge on any atom is 0.395 e. The summed E-state index contributed by atoms with van der Waals surface area (Å²) in [5.41, 5.74) is 2.43. The van der Waals surface area contributed by atoms with Crippen LogP contribution in [-0.4, -0.2) is 36.0 Å². The minimum absolute atomic E-state index is 0.0198. The van der Waals surface area contributed by atoms with E-state index in [4.69, 9.17) is 14.3 Å². The highest BCUT2D eigenvalue weighted by Gasteiger charge is 2.07. The van der Waals surface area contributed by atoms with Crippen molar-refractivity contribution in [3.05, 3.63) is 48.5 Å². The first-order valence-corrected chi connectivity index (χ1v) is 8.37. The number of nitrogens with zero attached hydrogens (tertiary/aromatic N) is 1. The number of fused-ring (bicyclic) bond motifs is 1. The molecule has 0 bridgehead atoms. The van der Waals surface area contributed by atoms with Crippen LogP contribution in [0.1, 0.15) is 0 Å². The molecule has 0 radical (unpaired) electrons. The summed E-state index contributed by atoms with van der Waals surface area (Å²) < 4.78 is 9.90. The second kappa shape index (κ2) is 8.83. The lowest BCUT2D eigenvalue weighted by molar-refractivity contribution is -0.139. The third kappa shape index (κ3) is 4.92. The monoisotopic (exact) mass is 346 g/mol. The van der Waals surface area contributed by atoms with Crippen LogP contribution in [0.5, 0.6) is 6.08 Å². The zero-order valence-corrected chi connectivity index (χ0v) is 14.2. The molecule has 0 saturated carbocycles. The third-order valence-electron chi connectivity index (χ3n) is 2.97. The van der Waals surface area contributed by atoms with E-state index in [1.54, 1.807) is 30.0 Å². The third-order valence-corrected chi connectivity index (χ3v) is 3.77. The van der Waals surface area contributed by atoms with Gasteiger partial charge in [-0.1, -0.05) is 24.3 Å². The molecule has 0 spiro atoms. The predicted molar refractivity (Wildman–Crippen MR) is 94.9 cm³/mol. The first-order valence-electron chi connectivity index (χ1n) is 7.15. The van der Waals surface area contributed by atoms with E-state index in [9.17, 15) is 4.79 Å². The summed E-state index contributed by atoms with van der Waals surface area (Å²) in [5.74, 6) is -1.06.